The third-order valence-corrected chi connectivity index (χ3v) is 5.79. The van der Waals surface area contributed by atoms with Crippen molar-refractivity contribution in [3.05, 3.63) is 60.2 Å². The van der Waals surface area contributed by atoms with Gasteiger partial charge in [-0.3, -0.25) is 4.79 Å². The molecule has 6 nitrogen and oxygen atoms in total. The van der Waals surface area contributed by atoms with Crippen molar-refractivity contribution in [2.24, 2.45) is 0 Å². The van der Waals surface area contributed by atoms with Gasteiger partial charge in [-0.15, -0.1) is 0 Å². The van der Waals surface area contributed by atoms with Crippen LogP contribution in [0.15, 0.2) is 59.5 Å². The molecule has 0 unspecified atom stereocenters. The second kappa shape index (κ2) is 10.9. The minimum atomic E-state index is -3.60. The number of nitrogens with one attached hydrogen (secondary N) is 2. The number of anilines is 1. The Kier molecular flexibility index (Phi) is 8.63. The molecule has 1 amide bonds. The van der Waals surface area contributed by atoms with Gasteiger partial charge in [0.15, 0.2) is 0 Å². The van der Waals surface area contributed by atoms with Crippen molar-refractivity contribution in [2.75, 3.05) is 25.5 Å². The summed E-state index contributed by atoms with van der Waals surface area (Å²) in [4.78, 5) is 14.4. The van der Waals surface area contributed by atoms with Gasteiger partial charge in [-0.25, -0.2) is 13.1 Å². The quantitative estimate of drug-likeness (QED) is 0.604. The van der Waals surface area contributed by atoms with E-state index in [-0.39, 0.29) is 17.3 Å². The highest BCUT2D eigenvalue weighted by Crippen LogP contribution is 2.15. The van der Waals surface area contributed by atoms with Crippen LogP contribution in [-0.4, -0.2) is 39.4 Å². The monoisotopic (exact) mass is 403 g/mol. The van der Waals surface area contributed by atoms with E-state index in [1.807, 2.05) is 37.4 Å². The Balaban J connectivity index is 1.85. The molecule has 2 aromatic rings. The van der Waals surface area contributed by atoms with Gasteiger partial charge in [-0.1, -0.05) is 43.7 Å². The lowest BCUT2D eigenvalue weighted by Crippen LogP contribution is -2.25. The first-order valence-electron chi connectivity index (χ1n) is 9.53. The number of nitrogens with zero attached hydrogens (tertiary/aromatic N) is 1. The molecule has 7 heteroatoms. The van der Waals surface area contributed by atoms with E-state index in [0.29, 0.717) is 18.7 Å². The summed E-state index contributed by atoms with van der Waals surface area (Å²) >= 11 is 0. The fourth-order valence-electron chi connectivity index (χ4n) is 2.63. The van der Waals surface area contributed by atoms with E-state index in [1.54, 1.807) is 12.1 Å². The zero-order valence-electron chi connectivity index (χ0n) is 16.5. The van der Waals surface area contributed by atoms with Crippen LogP contribution in [0.5, 0.6) is 0 Å². The number of hydrogen-bond acceptors (Lipinski definition) is 4. The molecule has 28 heavy (non-hydrogen) atoms. The van der Waals surface area contributed by atoms with E-state index in [1.165, 1.54) is 12.1 Å². The average molecular weight is 404 g/mol. The number of amides is 1. The zero-order valence-corrected chi connectivity index (χ0v) is 17.3. The lowest BCUT2D eigenvalue weighted by molar-refractivity contribution is -0.116. The van der Waals surface area contributed by atoms with E-state index < -0.39 is 10.0 Å². The predicted molar refractivity (Wildman–Crippen MR) is 113 cm³/mol. The molecule has 0 fully saturated rings. The Labute approximate surface area is 168 Å². The Morgan fingerprint density at radius 3 is 2.32 bits per heavy atom. The summed E-state index contributed by atoms with van der Waals surface area (Å²) in [5.74, 6) is -0.0823. The molecule has 0 heterocycles. The summed E-state index contributed by atoms with van der Waals surface area (Å²) in [6, 6.07) is 15.5. The van der Waals surface area contributed by atoms with Gasteiger partial charge in [0, 0.05) is 25.2 Å². The molecular formula is C21H29N3O3S. The molecule has 0 aliphatic rings. The van der Waals surface area contributed by atoms with Crippen molar-refractivity contribution in [2.45, 2.75) is 37.6 Å². The van der Waals surface area contributed by atoms with Gasteiger partial charge in [-0.05, 0) is 49.8 Å². The highest BCUT2D eigenvalue weighted by atomic mass is 32.2. The molecule has 0 aliphatic carbocycles. The highest BCUT2D eigenvalue weighted by Gasteiger charge is 2.14. The van der Waals surface area contributed by atoms with Gasteiger partial charge in [0.2, 0.25) is 15.9 Å². The number of rotatable bonds is 11. The highest BCUT2D eigenvalue weighted by molar-refractivity contribution is 7.89. The maximum atomic E-state index is 12.4. The molecule has 0 saturated heterocycles. The average Bonchev–Trinajstić information content (AvgIpc) is 2.70. The molecule has 2 rings (SSSR count). The van der Waals surface area contributed by atoms with Gasteiger partial charge in [0.05, 0.1) is 4.90 Å². The summed E-state index contributed by atoms with van der Waals surface area (Å²) < 4.78 is 27.4. The first-order chi connectivity index (χ1) is 13.4. The van der Waals surface area contributed by atoms with Gasteiger partial charge in [0.25, 0.3) is 0 Å². The molecular weight excluding hydrogens is 374 g/mol. The predicted octanol–water partition coefficient (Wildman–Crippen LogP) is 3.23. The Morgan fingerprint density at radius 2 is 1.68 bits per heavy atom. The van der Waals surface area contributed by atoms with Crippen molar-refractivity contribution < 1.29 is 13.2 Å². The van der Waals surface area contributed by atoms with Crippen molar-refractivity contribution in [3.63, 3.8) is 0 Å². The van der Waals surface area contributed by atoms with E-state index in [0.717, 1.165) is 24.9 Å². The smallest absolute Gasteiger partial charge is 0.240 e. The van der Waals surface area contributed by atoms with Crippen LogP contribution in [0.3, 0.4) is 0 Å². The van der Waals surface area contributed by atoms with Gasteiger partial charge >= 0.3 is 0 Å². The lowest BCUT2D eigenvalue weighted by atomic mass is 10.2. The first kappa shape index (κ1) is 22.1. The van der Waals surface area contributed by atoms with E-state index >= 15 is 0 Å². The summed E-state index contributed by atoms with van der Waals surface area (Å²) in [6.07, 6.45) is 2.65. The van der Waals surface area contributed by atoms with Crippen LogP contribution in [0.25, 0.3) is 0 Å². The third-order valence-electron chi connectivity index (χ3n) is 4.37. The second-order valence-corrected chi connectivity index (χ2v) is 8.56. The molecule has 0 atom stereocenters. The molecule has 0 bridgehead atoms. The van der Waals surface area contributed by atoms with Gasteiger partial charge in [-0.2, -0.15) is 0 Å². The van der Waals surface area contributed by atoms with Crippen LogP contribution >= 0.6 is 0 Å². The van der Waals surface area contributed by atoms with Crippen molar-refractivity contribution >= 4 is 21.6 Å². The van der Waals surface area contributed by atoms with Crippen LogP contribution in [0.2, 0.25) is 0 Å². The van der Waals surface area contributed by atoms with Crippen molar-refractivity contribution in [3.8, 4) is 0 Å². The largest absolute Gasteiger partial charge is 0.326 e. The number of benzene rings is 2. The normalized spacial score (nSPS) is 11.5. The SMILES string of the molecule is CCCCN(C)CCC(=O)Nc1ccc(S(=O)(=O)NCc2ccccc2)cc1. The number of sulfonamides is 1. The Hall–Kier alpha value is -2.22. The van der Waals surface area contributed by atoms with Crippen LogP contribution in [0, 0.1) is 0 Å². The second-order valence-electron chi connectivity index (χ2n) is 6.79. The van der Waals surface area contributed by atoms with Crippen molar-refractivity contribution in [1.82, 2.24) is 9.62 Å². The molecule has 2 N–H and O–H groups in total. The zero-order chi connectivity index (χ0) is 20.4. The third kappa shape index (κ3) is 7.42. The van der Waals surface area contributed by atoms with Gasteiger partial charge < -0.3 is 10.2 Å². The number of unbranched alkanes of at least 4 members (excludes halogenated alkanes) is 1. The Morgan fingerprint density at radius 1 is 1.00 bits per heavy atom. The fourth-order valence-corrected chi connectivity index (χ4v) is 3.65. The lowest BCUT2D eigenvalue weighted by Gasteiger charge is -2.15. The van der Waals surface area contributed by atoms with Crippen LogP contribution in [-0.2, 0) is 21.4 Å². The topological polar surface area (TPSA) is 78.5 Å². The molecule has 2 aromatic carbocycles. The molecule has 0 saturated carbocycles. The van der Waals surface area contributed by atoms with Crippen LogP contribution in [0.4, 0.5) is 5.69 Å². The van der Waals surface area contributed by atoms with Crippen molar-refractivity contribution in [1.29, 1.82) is 0 Å². The number of carbonyl (C=O) groups excluding carboxylic acids is 1. The van der Waals surface area contributed by atoms with Crippen LogP contribution in [0.1, 0.15) is 31.7 Å². The molecule has 152 valence electrons. The van der Waals surface area contributed by atoms with E-state index in [4.69, 9.17) is 0 Å². The van der Waals surface area contributed by atoms with Gasteiger partial charge in [0.1, 0.15) is 0 Å². The van der Waals surface area contributed by atoms with E-state index in [9.17, 15) is 13.2 Å². The standard InChI is InChI=1S/C21H29N3O3S/c1-3-4-15-24(2)16-14-21(25)23-19-10-12-20(13-11-19)28(26,27)22-17-18-8-6-5-7-9-18/h5-13,22H,3-4,14-17H2,1-2H3,(H,23,25). The summed E-state index contributed by atoms with van der Waals surface area (Å²) in [5, 5.41) is 2.81. The molecule has 0 aromatic heterocycles. The summed E-state index contributed by atoms with van der Waals surface area (Å²) in [6.45, 7) is 4.04. The molecule has 0 aliphatic heterocycles. The van der Waals surface area contributed by atoms with E-state index in [2.05, 4.69) is 21.9 Å². The molecule has 0 spiro atoms. The maximum absolute atomic E-state index is 12.4. The molecule has 0 radical (unpaired) electrons. The number of hydrogen-bond donors (Lipinski definition) is 2. The minimum Gasteiger partial charge on any atom is -0.326 e. The maximum Gasteiger partial charge on any atom is 0.240 e. The summed E-state index contributed by atoms with van der Waals surface area (Å²) in [5.41, 5.74) is 1.47. The summed E-state index contributed by atoms with van der Waals surface area (Å²) in [7, 11) is -1.60. The first-order valence-corrected chi connectivity index (χ1v) is 11.0. The minimum absolute atomic E-state index is 0.0823. The number of carbonyl (C=O) groups is 1. The fraction of sp³-hybridized carbons (Fsp3) is 0.381. The van der Waals surface area contributed by atoms with Crippen LogP contribution < -0.4 is 10.0 Å². The Bertz CT molecular complexity index is 837.